The lowest BCUT2D eigenvalue weighted by Gasteiger charge is -2.28. The Morgan fingerprint density at radius 3 is 3.13 bits per heavy atom. The van der Waals surface area contributed by atoms with Gasteiger partial charge in [-0.05, 0) is 37.4 Å². The molecule has 3 N–H and O–H groups in total. The summed E-state index contributed by atoms with van der Waals surface area (Å²) in [5, 5.41) is 3.51. The van der Waals surface area contributed by atoms with E-state index < -0.39 is 0 Å². The van der Waals surface area contributed by atoms with Gasteiger partial charge in [0.2, 0.25) is 0 Å². The van der Waals surface area contributed by atoms with Crippen LogP contribution in [0.5, 0.6) is 5.75 Å². The van der Waals surface area contributed by atoms with Gasteiger partial charge in [-0.2, -0.15) is 0 Å². The molecule has 0 saturated carbocycles. The predicted molar refractivity (Wildman–Crippen MR) is 62.4 cm³/mol. The Kier molecular flexibility index (Phi) is 3.11. The highest BCUT2D eigenvalue weighted by molar-refractivity contribution is 5.64. The van der Waals surface area contributed by atoms with E-state index in [4.69, 9.17) is 10.5 Å². The van der Waals surface area contributed by atoms with Crippen molar-refractivity contribution in [2.24, 2.45) is 5.73 Å². The zero-order valence-electron chi connectivity index (χ0n) is 9.12. The number of benzene rings is 1. The van der Waals surface area contributed by atoms with Crippen molar-refractivity contribution in [3.8, 4) is 5.75 Å². The van der Waals surface area contributed by atoms with E-state index in [2.05, 4.69) is 11.4 Å². The number of para-hydroxylation sites is 1. The fourth-order valence-corrected chi connectivity index (χ4v) is 2.14. The first-order valence-electron chi connectivity index (χ1n) is 5.47. The molecule has 0 radical (unpaired) electrons. The third-order valence-electron chi connectivity index (χ3n) is 2.96. The smallest absolute Gasteiger partial charge is 0.142 e. The molecule has 0 spiro atoms. The molecule has 0 aromatic heterocycles. The van der Waals surface area contributed by atoms with Crippen molar-refractivity contribution in [2.75, 3.05) is 19.0 Å². The van der Waals surface area contributed by atoms with Gasteiger partial charge in [-0.3, -0.25) is 0 Å². The van der Waals surface area contributed by atoms with Gasteiger partial charge in [-0.15, -0.1) is 0 Å². The molecule has 0 aliphatic carbocycles. The molecule has 0 saturated heterocycles. The molecule has 1 atom stereocenters. The van der Waals surface area contributed by atoms with Gasteiger partial charge in [0.1, 0.15) is 5.75 Å². The van der Waals surface area contributed by atoms with Gasteiger partial charge in [-0.1, -0.05) is 12.1 Å². The van der Waals surface area contributed by atoms with Crippen LogP contribution in [0.2, 0.25) is 0 Å². The zero-order valence-corrected chi connectivity index (χ0v) is 9.12. The van der Waals surface area contributed by atoms with Crippen LogP contribution in [0, 0.1) is 0 Å². The van der Waals surface area contributed by atoms with Crippen LogP contribution in [0.15, 0.2) is 18.2 Å². The van der Waals surface area contributed by atoms with E-state index in [-0.39, 0.29) is 0 Å². The lowest BCUT2D eigenvalue weighted by atomic mass is 9.96. The Morgan fingerprint density at radius 2 is 2.40 bits per heavy atom. The molecule has 2 rings (SSSR count). The Bertz CT molecular complexity index is 324. The quantitative estimate of drug-likeness (QED) is 0.792. The van der Waals surface area contributed by atoms with Gasteiger partial charge in [0.25, 0.3) is 0 Å². The van der Waals surface area contributed by atoms with Crippen LogP contribution in [0.3, 0.4) is 0 Å². The van der Waals surface area contributed by atoms with Gasteiger partial charge >= 0.3 is 0 Å². The monoisotopic (exact) mass is 206 g/mol. The minimum atomic E-state index is 0.499. The Hall–Kier alpha value is -1.22. The van der Waals surface area contributed by atoms with Crippen LogP contribution in [0.1, 0.15) is 18.4 Å². The van der Waals surface area contributed by atoms with Crippen molar-refractivity contribution in [2.45, 2.75) is 25.3 Å². The first-order valence-corrected chi connectivity index (χ1v) is 5.47. The minimum absolute atomic E-state index is 0.499. The van der Waals surface area contributed by atoms with E-state index in [1.54, 1.807) is 7.11 Å². The summed E-state index contributed by atoms with van der Waals surface area (Å²) < 4.78 is 5.35. The topological polar surface area (TPSA) is 47.3 Å². The van der Waals surface area contributed by atoms with Gasteiger partial charge in [0, 0.05) is 6.04 Å². The van der Waals surface area contributed by atoms with Gasteiger partial charge in [-0.25, -0.2) is 0 Å². The number of rotatable bonds is 3. The molecule has 1 aliphatic rings. The molecular weight excluding hydrogens is 188 g/mol. The lowest BCUT2D eigenvalue weighted by Crippen LogP contribution is -2.28. The molecular formula is C12H18N2O. The van der Waals surface area contributed by atoms with E-state index in [0.29, 0.717) is 6.04 Å². The number of methoxy groups -OCH3 is 1. The third kappa shape index (κ3) is 2.07. The van der Waals surface area contributed by atoms with Crippen LogP contribution in [0.4, 0.5) is 5.69 Å². The summed E-state index contributed by atoms with van der Waals surface area (Å²) in [4.78, 5) is 0. The Balaban J connectivity index is 2.22. The fraction of sp³-hybridized carbons (Fsp3) is 0.500. The number of fused-ring (bicyclic) bond motifs is 1. The predicted octanol–water partition coefficient (Wildman–Crippen LogP) is 1.77. The van der Waals surface area contributed by atoms with E-state index in [0.717, 1.165) is 37.2 Å². The number of ether oxygens (including phenoxy) is 1. The maximum Gasteiger partial charge on any atom is 0.142 e. The third-order valence-corrected chi connectivity index (χ3v) is 2.96. The highest BCUT2D eigenvalue weighted by Gasteiger charge is 2.19. The maximum absolute atomic E-state index is 5.58. The summed E-state index contributed by atoms with van der Waals surface area (Å²) >= 11 is 0. The number of hydrogen-bond donors (Lipinski definition) is 2. The minimum Gasteiger partial charge on any atom is -0.495 e. The van der Waals surface area contributed by atoms with Gasteiger partial charge in [0.15, 0.2) is 0 Å². The number of aryl methyl sites for hydroxylation is 1. The number of nitrogens with two attached hydrogens (primary N) is 1. The zero-order chi connectivity index (χ0) is 10.7. The van der Waals surface area contributed by atoms with Crippen molar-refractivity contribution in [3.05, 3.63) is 23.8 Å². The first-order chi connectivity index (χ1) is 7.35. The van der Waals surface area contributed by atoms with Gasteiger partial charge < -0.3 is 15.8 Å². The summed E-state index contributed by atoms with van der Waals surface area (Å²) in [7, 11) is 1.71. The van der Waals surface area contributed by atoms with Crippen LogP contribution in [0.25, 0.3) is 0 Å². The van der Waals surface area contributed by atoms with Crippen LogP contribution in [-0.4, -0.2) is 19.7 Å². The number of hydrogen-bond acceptors (Lipinski definition) is 3. The number of nitrogens with one attached hydrogen (secondary N) is 1. The Morgan fingerprint density at radius 1 is 1.53 bits per heavy atom. The second-order valence-corrected chi connectivity index (χ2v) is 3.95. The lowest BCUT2D eigenvalue weighted by molar-refractivity contribution is 0.413. The molecule has 82 valence electrons. The summed E-state index contributed by atoms with van der Waals surface area (Å²) in [5.41, 5.74) is 8.09. The van der Waals surface area contributed by atoms with E-state index in [1.165, 1.54) is 5.56 Å². The fourth-order valence-electron chi connectivity index (χ4n) is 2.14. The van der Waals surface area contributed by atoms with Crippen molar-refractivity contribution in [1.29, 1.82) is 0 Å². The van der Waals surface area contributed by atoms with Crippen molar-refractivity contribution >= 4 is 5.69 Å². The summed E-state index contributed by atoms with van der Waals surface area (Å²) in [5.74, 6) is 0.939. The second-order valence-electron chi connectivity index (χ2n) is 3.95. The van der Waals surface area contributed by atoms with Crippen molar-refractivity contribution in [1.82, 2.24) is 0 Å². The highest BCUT2D eigenvalue weighted by atomic mass is 16.5. The van der Waals surface area contributed by atoms with E-state index >= 15 is 0 Å². The van der Waals surface area contributed by atoms with Crippen LogP contribution in [-0.2, 0) is 6.42 Å². The molecule has 0 bridgehead atoms. The summed E-state index contributed by atoms with van der Waals surface area (Å²) in [6.45, 7) is 0.738. The second kappa shape index (κ2) is 4.53. The molecule has 1 aromatic rings. The largest absolute Gasteiger partial charge is 0.495 e. The summed E-state index contributed by atoms with van der Waals surface area (Å²) in [6, 6.07) is 6.70. The molecule has 1 aromatic carbocycles. The Labute approximate surface area is 90.6 Å². The SMILES string of the molecule is COc1cccc2c1NC(CCN)CC2. The van der Waals surface area contributed by atoms with Crippen molar-refractivity contribution in [3.63, 3.8) is 0 Å². The van der Waals surface area contributed by atoms with E-state index in [9.17, 15) is 0 Å². The molecule has 1 aliphatic heterocycles. The molecule has 3 nitrogen and oxygen atoms in total. The summed E-state index contributed by atoms with van der Waals surface area (Å²) in [6.07, 6.45) is 3.30. The van der Waals surface area contributed by atoms with E-state index in [1.807, 2.05) is 12.1 Å². The molecule has 3 heteroatoms. The highest BCUT2D eigenvalue weighted by Crippen LogP contribution is 2.34. The first kappa shape index (κ1) is 10.3. The van der Waals surface area contributed by atoms with Crippen LogP contribution >= 0.6 is 0 Å². The molecule has 0 fully saturated rings. The average Bonchev–Trinajstić information content (AvgIpc) is 2.28. The average molecular weight is 206 g/mol. The van der Waals surface area contributed by atoms with Crippen molar-refractivity contribution < 1.29 is 4.74 Å². The number of anilines is 1. The molecule has 15 heavy (non-hydrogen) atoms. The van der Waals surface area contributed by atoms with Gasteiger partial charge in [0.05, 0.1) is 12.8 Å². The normalized spacial score (nSPS) is 19.2. The molecule has 1 unspecified atom stereocenters. The molecule has 1 heterocycles. The maximum atomic E-state index is 5.58. The van der Waals surface area contributed by atoms with Crippen LogP contribution < -0.4 is 15.8 Å². The molecule has 0 amide bonds. The standard InChI is InChI=1S/C12H18N2O/c1-15-11-4-2-3-9-5-6-10(7-8-13)14-12(9)11/h2-4,10,14H,5-8,13H2,1H3.